The van der Waals surface area contributed by atoms with Crippen LogP contribution in [-0.2, 0) is 27.2 Å². The van der Waals surface area contributed by atoms with Crippen LogP contribution in [-0.4, -0.2) is 59.8 Å². The Morgan fingerprint density at radius 2 is 1.93 bits per heavy atom. The molecule has 1 aromatic rings. The van der Waals surface area contributed by atoms with Gasteiger partial charge in [0.05, 0.1) is 13.2 Å². The summed E-state index contributed by atoms with van der Waals surface area (Å²) in [6.07, 6.45) is 8.51. The molecule has 8 heteroatoms. The number of pyridine rings is 1. The van der Waals surface area contributed by atoms with Gasteiger partial charge in [-0.1, -0.05) is 31.7 Å². The van der Waals surface area contributed by atoms with Gasteiger partial charge in [-0.2, -0.15) is 0 Å². The normalized spacial score (nSPS) is 17.6. The Kier molecular flexibility index (Phi) is 8.89. The minimum Gasteiger partial charge on any atom is -0.481 e. The summed E-state index contributed by atoms with van der Waals surface area (Å²) in [4.78, 5) is 28.5. The molecule has 1 atom stereocenters. The van der Waals surface area contributed by atoms with Gasteiger partial charge in [-0.05, 0) is 43.7 Å². The second-order valence-corrected chi connectivity index (χ2v) is 8.11. The van der Waals surface area contributed by atoms with Crippen LogP contribution in [0.2, 0.25) is 0 Å². The average molecular weight is 419 g/mol. The van der Waals surface area contributed by atoms with Crippen molar-refractivity contribution >= 4 is 17.7 Å². The van der Waals surface area contributed by atoms with Crippen molar-refractivity contribution in [3.8, 4) is 0 Å². The Bertz CT molecular complexity index is 706. The van der Waals surface area contributed by atoms with Crippen LogP contribution in [0.15, 0.2) is 12.1 Å². The van der Waals surface area contributed by atoms with E-state index in [2.05, 4.69) is 22.9 Å². The lowest BCUT2D eigenvalue weighted by molar-refractivity contribution is -0.149. The van der Waals surface area contributed by atoms with E-state index >= 15 is 0 Å². The SMILES string of the molecule is O=C(O)C(CCCCCCCc1ccc2c(n1)NCCC2)C(=O)NN1CCOCC1. The quantitative estimate of drug-likeness (QED) is 0.374. The number of morpholine rings is 1. The maximum atomic E-state index is 12.3. The molecule has 2 aliphatic heterocycles. The maximum Gasteiger partial charge on any atom is 0.316 e. The van der Waals surface area contributed by atoms with Gasteiger partial charge in [-0.3, -0.25) is 15.0 Å². The zero-order valence-electron chi connectivity index (χ0n) is 17.7. The maximum absolute atomic E-state index is 12.3. The number of rotatable bonds is 11. The molecular formula is C22H34N4O4. The average Bonchev–Trinajstić information content (AvgIpc) is 2.76. The number of hydrazine groups is 1. The second kappa shape index (κ2) is 11.9. The molecule has 2 aliphatic rings. The van der Waals surface area contributed by atoms with Crippen molar-refractivity contribution in [3.05, 3.63) is 23.4 Å². The van der Waals surface area contributed by atoms with E-state index in [0.29, 0.717) is 32.7 Å². The first-order chi connectivity index (χ1) is 14.6. The van der Waals surface area contributed by atoms with Crippen LogP contribution >= 0.6 is 0 Å². The number of anilines is 1. The Labute approximate surface area is 178 Å². The van der Waals surface area contributed by atoms with Crippen LogP contribution in [0.5, 0.6) is 0 Å². The Morgan fingerprint density at radius 1 is 1.17 bits per heavy atom. The molecule has 1 unspecified atom stereocenters. The van der Waals surface area contributed by atoms with Crippen LogP contribution in [0, 0.1) is 5.92 Å². The van der Waals surface area contributed by atoms with E-state index in [1.807, 2.05) is 0 Å². The van der Waals surface area contributed by atoms with E-state index in [0.717, 1.165) is 63.0 Å². The standard InChI is InChI=1S/C22H34N4O4/c27-21(25-26-13-15-30-16-14-26)19(22(28)29)9-5-3-1-2-4-8-18-11-10-17-7-6-12-23-20(17)24-18/h10-11,19H,1-9,12-16H2,(H,23,24)(H,25,27)(H,28,29). The van der Waals surface area contributed by atoms with E-state index in [-0.39, 0.29) is 0 Å². The van der Waals surface area contributed by atoms with Gasteiger partial charge in [0, 0.05) is 25.3 Å². The van der Waals surface area contributed by atoms with Crippen molar-refractivity contribution in [3.63, 3.8) is 0 Å². The minimum atomic E-state index is -1.05. The summed E-state index contributed by atoms with van der Waals surface area (Å²) in [5.41, 5.74) is 5.17. The fraction of sp³-hybridized carbons (Fsp3) is 0.682. The van der Waals surface area contributed by atoms with Gasteiger partial charge in [-0.25, -0.2) is 9.99 Å². The van der Waals surface area contributed by atoms with Crippen LogP contribution in [0.4, 0.5) is 5.82 Å². The number of hydrogen-bond acceptors (Lipinski definition) is 6. The summed E-state index contributed by atoms with van der Waals surface area (Å²) >= 11 is 0. The molecule has 1 aromatic heterocycles. The molecule has 0 saturated carbocycles. The number of unbranched alkanes of at least 4 members (excludes halogenated alkanes) is 4. The lowest BCUT2D eigenvalue weighted by atomic mass is 9.99. The van der Waals surface area contributed by atoms with Crippen molar-refractivity contribution < 1.29 is 19.4 Å². The van der Waals surface area contributed by atoms with Crippen LogP contribution in [0.25, 0.3) is 0 Å². The lowest BCUT2D eigenvalue weighted by Gasteiger charge is -2.28. The van der Waals surface area contributed by atoms with Crippen LogP contribution < -0.4 is 10.7 Å². The molecule has 166 valence electrons. The van der Waals surface area contributed by atoms with Crippen molar-refractivity contribution in [2.24, 2.45) is 5.92 Å². The number of hydrogen-bond donors (Lipinski definition) is 3. The van der Waals surface area contributed by atoms with Gasteiger partial charge in [-0.15, -0.1) is 0 Å². The Balaban J connectivity index is 1.29. The lowest BCUT2D eigenvalue weighted by Crippen LogP contribution is -2.51. The number of carbonyl (C=O) groups excluding carboxylic acids is 1. The monoisotopic (exact) mass is 418 g/mol. The highest BCUT2D eigenvalue weighted by Gasteiger charge is 2.27. The third kappa shape index (κ3) is 6.95. The number of aromatic nitrogens is 1. The molecule has 8 nitrogen and oxygen atoms in total. The van der Waals surface area contributed by atoms with Gasteiger partial charge in [0.15, 0.2) is 0 Å². The summed E-state index contributed by atoms with van der Waals surface area (Å²) in [6, 6.07) is 4.33. The van der Waals surface area contributed by atoms with Crippen molar-refractivity contribution in [2.45, 2.75) is 57.8 Å². The van der Waals surface area contributed by atoms with Gasteiger partial charge in [0.25, 0.3) is 0 Å². The number of carboxylic acid groups (broad SMARTS) is 1. The van der Waals surface area contributed by atoms with Crippen molar-refractivity contribution in [2.75, 3.05) is 38.2 Å². The predicted molar refractivity (Wildman–Crippen MR) is 114 cm³/mol. The van der Waals surface area contributed by atoms with Crippen molar-refractivity contribution in [1.82, 2.24) is 15.4 Å². The number of aryl methyl sites for hydroxylation is 2. The number of aliphatic carboxylic acids is 1. The van der Waals surface area contributed by atoms with E-state index in [1.165, 1.54) is 12.0 Å². The molecule has 3 heterocycles. The fourth-order valence-corrected chi connectivity index (χ4v) is 3.97. The van der Waals surface area contributed by atoms with Gasteiger partial charge in [0.2, 0.25) is 5.91 Å². The number of nitrogens with zero attached hydrogens (tertiary/aromatic N) is 2. The molecule has 0 spiro atoms. The summed E-state index contributed by atoms with van der Waals surface area (Å²) < 4.78 is 5.24. The number of fused-ring (bicyclic) bond motifs is 1. The number of carboxylic acids is 1. The van der Waals surface area contributed by atoms with Gasteiger partial charge >= 0.3 is 5.97 Å². The molecule has 30 heavy (non-hydrogen) atoms. The molecule has 0 radical (unpaired) electrons. The summed E-state index contributed by atoms with van der Waals surface area (Å²) in [5.74, 6) is -1.40. The largest absolute Gasteiger partial charge is 0.481 e. The molecule has 0 aromatic carbocycles. The molecule has 1 fully saturated rings. The van der Waals surface area contributed by atoms with Gasteiger partial charge in [0.1, 0.15) is 11.7 Å². The molecule has 0 bridgehead atoms. The molecule has 3 N–H and O–H groups in total. The minimum absolute atomic E-state index is 0.379. The van der Waals surface area contributed by atoms with E-state index in [4.69, 9.17) is 9.72 Å². The Hall–Kier alpha value is -2.19. The fourth-order valence-electron chi connectivity index (χ4n) is 3.97. The predicted octanol–water partition coefficient (Wildman–Crippen LogP) is 2.39. The first-order valence-electron chi connectivity index (χ1n) is 11.2. The van der Waals surface area contributed by atoms with Crippen LogP contribution in [0.3, 0.4) is 0 Å². The number of amides is 1. The zero-order valence-corrected chi connectivity index (χ0v) is 17.7. The highest BCUT2D eigenvalue weighted by atomic mass is 16.5. The van der Waals surface area contributed by atoms with Gasteiger partial charge < -0.3 is 15.2 Å². The third-order valence-electron chi connectivity index (χ3n) is 5.77. The molecular weight excluding hydrogens is 384 g/mol. The summed E-state index contributed by atoms with van der Waals surface area (Å²) in [5, 5.41) is 14.5. The topological polar surface area (TPSA) is 104 Å². The van der Waals surface area contributed by atoms with E-state index in [9.17, 15) is 14.7 Å². The number of nitrogens with one attached hydrogen (secondary N) is 2. The van der Waals surface area contributed by atoms with Crippen molar-refractivity contribution in [1.29, 1.82) is 0 Å². The molecule has 0 aliphatic carbocycles. The smallest absolute Gasteiger partial charge is 0.316 e. The first-order valence-corrected chi connectivity index (χ1v) is 11.2. The van der Waals surface area contributed by atoms with Crippen LogP contribution in [0.1, 0.15) is 56.2 Å². The van der Waals surface area contributed by atoms with E-state index < -0.39 is 17.8 Å². The summed E-state index contributed by atoms with van der Waals surface area (Å²) in [7, 11) is 0. The highest BCUT2D eigenvalue weighted by Crippen LogP contribution is 2.20. The highest BCUT2D eigenvalue weighted by molar-refractivity contribution is 5.96. The number of ether oxygens (including phenoxy) is 1. The molecule has 3 rings (SSSR count). The second-order valence-electron chi connectivity index (χ2n) is 8.11. The number of carbonyl (C=O) groups is 2. The first kappa shape index (κ1) is 22.5. The zero-order chi connectivity index (χ0) is 21.2. The van der Waals surface area contributed by atoms with E-state index in [1.54, 1.807) is 5.01 Å². The molecule has 1 amide bonds. The molecule has 1 saturated heterocycles. The third-order valence-corrected chi connectivity index (χ3v) is 5.77. The Morgan fingerprint density at radius 3 is 2.73 bits per heavy atom. The summed E-state index contributed by atoms with van der Waals surface area (Å²) in [6.45, 7) is 3.29.